The summed E-state index contributed by atoms with van der Waals surface area (Å²) in [6, 6.07) is 8.58. The number of hydrogen-bond acceptors (Lipinski definition) is 4. The lowest BCUT2D eigenvalue weighted by molar-refractivity contribution is 0.312. The largest absolute Gasteiger partial charge is 0.491 e. The molecule has 1 unspecified atom stereocenters. The van der Waals surface area contributed by atoms with Gasteiger partial charge in [-0.15, -0.1) is 11.3 Å². The van der Waals surface area contributed by atoms with Crippen LogP contribution in [0, 0.1) is 6.92 Å². The molecule has 0 amide bonds. The van der Waals surface area contributed by atoms with E-state index >= 15 is 0 Å². The molecule has 18 heavy (non-hydrogen) atoms. The van der Waals surface area contributed by atoms with E-state index in [1.807, 2.05) is 17.6 Å². The van der Waals surface area contributed by atoms with Crippen LogP contribution in [0.4, 0.5) is 0 Å². The summed E-state index contributed by atoms with van der Waals surface area (Å²) in [5, 5.41) is 3.56. The predicted molar refractivity (Wildman–Crippen MR) is 73.2 cm³/mol. The average Bonchev–Trinajstić information content (AvgIpc) is 2.97. The highest BCUT2D eigenvalue weighted by atomic mass is 32.1. The smallest absolute Gasteiger partial charge is 0.124 e. The van der Waals surface area contributed by atoms with Crippen molar-refractivity contribution in [3.05, 3.63) is 45.9 Å². The van der Waals surface area contributed by atoms with E-state index in [0.29, 0.717) is 6.04 Å². The molecular weight excluding hydrogens is 244 g/mol. The first-order chi connectivity index (χ1) is 8.84. The zero-order chi connectivity index (χ0) is 12.4. The van der Waals surface area contributed by atoms with E-state index in [1.165, 1.54) is 10.4 Å². The third-order valence-electron chi connectivity index (χ3n) is 3.29. The number of benzene rings is 1. The second kappa shape index (κ2) is 5.08. The van der Waals surface area contributed by atoms with Gasteiger partial charge in [0.25, 0.3) is 0 Å². The van der Waals surface area contributed by atoms with Gasteiger partial charge in [-0.3, -0.25) is 0 Å². The van der Waals surface area contributed by atoms with Crippen LogP contribution in [-0.2, 0) is 6.42 Å². The van der Waals surface area contributed by atoms with Crippen LogP contribution >= 0.6 is 11.3 Å². The number of fused-ring (bicyclic) bond motifs is 1. The molecule has 0 spiro atoms. The summed E-state index contributed by atoms with van der Waals surface area (Å²) >= 11 is 1.74. The summed E-state index contributed by atoms with van der Waals surface area (Å²) in [5.74, 6) is 1.02. The van der Waals surface area contributed by atoms with E-state index in [2.05, 4.69) is 29.4 Å². The Balaban J connectivity index is 1.58. The van der Waals surface area contributed by atoms with Crippen molar-refractivity contribution in [3.8, 4) is 5.75 Å². The lowest BCUT2D eigenvalue weighted by atomic mass is 10.1. The van der Waals surface area contributed by atoms with Gasteiger partial charge in [0.15, 0.2) is 0 Å². The Labute approximate surface area is 111 Å². The third-order valence-corrected chi connectivity index (χ3v) is 4.28. The van der Waals surface area contributed by atoms with Crippen molar-refractivity contribution in [2.24, 2.45) is 0 Å². The third kappa shape index (κ3) is 2.26. The van der Waals surface area contributed by atoms with Crippen LogP contribution in [0.5, 0.6) is 5.75 Å². The van der Waals surface area contributed by atoms with E-state index in [9.17, 15) is 0 Å². The quantitative estimate of drug-likeness (QED) is 0.918. The Morgan fingerprint density at radius 3 is 3.17 bits per heavy atom. The minimum absolute atomic E-state index is 0.328. The monoisotopic (exact) mass is 260 g/mol. The highest BCUT2D eigenvalue weighted by Gasteiger charge is 2.22. The molecule has 3 nitrogen and oxygen atoms in total. The molecule has 1 aromatic carbocycles. The lowest BCUT2D eigenvalue weighted by Crippen LogP contribution is -2.24. The molecule has 3 rings (SSSR count). The second-order valence-corrected chi connectivity index (χ2v) is 5.41. The van der Waals surface area contributed by atoms with Gasteiger partial charge in [-0.05, 0) is 19.4 Å². The fourth-order valence-corrected chi connectivity index (χ4v) is 3.04. The highest BCUT2D eigenvalue weighted by molar-refractivity contribution is 7.09. The number of thiazole rings is 1. The van der Waals surface area contributed by atoms with Gasteiger partial charge < -0.3 is 10.1 Å². The van der Waals surface area contributed by atoms with Gasteiger partial charge in [0.05, 0.1) is 17.2 Å². The summed E-state index contributed by atoms with van der Waals surface area (Å²) in [6.07, 6.45) is 1.04. The van der Waals surface area contributed by atoms with E-state index in [-0.39, 0.29) is 0 Å². The molecule has 0 saturated carbocycles. The number of aromatic nitrogens is 1. The van der Waals surface area contributed by atoms with Crippen molar-refractivity contribution in [2.75, 3.05) is 13.2 Å². The molecule has 2 heterocycles. The number of ether oxygens (including phenoxy) is 1. The van der Waals surface area contributed by atoms with Gasteiger partial charge in [-0.2, -0.15) is 0 Å². The number of nitrogens with zero attached hydrogens (tertiary/aromatic N) is 1. The standard InChI is InChI=1S/C14H16N2OS/c1-10-14(18-9-16-10)6-7-15-12-8-17-13-5-3-2-4-11(12)13/h2-5,9,12,15H,6-8H2,1H3. The Hall–Kier alpha value is -1.39. The Kier molecular flexibility index (Phi) is 3.30. The summed E-state index contributed by atoms with van der Waals surface area (Å²) in [4.78, 5) is 5.64. The first-order valence-electron chi connectivity index (χ1n) is 6.18. The molecule has 1 N–H and O–H groups in total. The molecule has 0 fully saturated rings. The van der Waals surface area contributed by atoms with Gasteiger partial charge in [0.2, 0.25) is 0 Å². The van der Waals surface area contributed by atoms with Crippen molar-refractivity contribution in [2.45, 2.75) is 19.4 Å². The minimum Gasteiger partial charge on any atom is -0.491 e. The van der Waals surface area contributed by atoms with Crippen LogP contribution in [0.3, 0.4) is 0 Å². The summed E-state index contributed by atoms with van der Waals surface area (Å²) in [6.45, 7) is 3.77. The fraction of sp³-hybridized carbons (Fsp3) is 0.357. The molecule has 0 radical (unpaired) electrons. The van der Waals surface area contributed by atoms with Gasteiger partial charge in [0.1, 0.15) is 12.4 Å². The van der Waals surface area contributed by atoms with E-state index in [1.54, 1.807) is 11.3 Å². The predicted octanol–water partition coefficient (Wildman–Crippen LogP) is 2.72. The molecule has 2 aromatic rings. The Bertz CT molecular complexity index is 538. The fourth-order valence-electron chi connectivity index (χ4n) is 2.26. The van der Waals surface area contributed by atoms with E-state index in [0.717, 1.165) is 31.0 Å². The first kappa shape index (κ1) is 11.7. The van der Waals surface area contributed by atoms with Crippen LogP contribution in [0.15, 0.2) is 29.8 Å². The molecule has 1 aromatic heterocycles. The first-order valence-corrected chi connectivity index (χ1v) is 7.06. The zero-order valence-electron chi connectivity index (χ0n) is 10.3. The lowest BCUT2D eigenvalue weighted by Gasteiger charge is -2.10. The molecular formula is C14H16N2OS. The van der Waals surface area contributed by atoms with Crippen LogP contribution in [-0.4, -0.2) is 18.1 Å². The maximum absolute atomic E-state index is 5.65. The molecule has 1 aliphatic heterocycles. The van der Waals surface area contributed by atoms with Crippen LogP contribution < -0.4 is 10.1 Å². The van der Waals surface area contributed by atoms with Gasteiger partial charge in [-0.25, -0.2) is 4.98 Å². The molecule has 0 aliphatic carbocycles. The van der Waals surface area contributed by atoms with E-state index < -0.39 is 0 Å². The number of nitrogens with one attached hydrogen (secondary N) is 1. The molecule has 4 heteroatoms. The molecule has 0 bridgehead atoms. The minimum atomic E-state index is 0.328. The maximum Gasteiger partial charge on any atom is 0.124 e. The number of para-hydroxylation sites is 1. The normalized spacial score (nSPS) is 17.5. The van der Waals surface area contributed by atoms with E-state index in [4.69, 9.17) is 4.74 Å². The Morgan fingerprint density at radius 1 is 1.44 bits per heavy atom. The van der Waals surface area contributed by atoms with Gasteiger partial charge >= 0.3 is 0 Å². The average molecular weight is 260 g/mol. The molecule has 0 saturated heterocycles. The molecule has 94 valence electrons. The van der Waals surface area contributed by atoms with Crippen molar-refractivity contribution in [1.29, 1.82) is 0 Å². The van der Waals surface area contributed by atoms with Gasteiger partial charge in [0, 0.05) is 17.0 Å². The van der Waals surface area contributed by atoms with Crippen LogP contribution in [0.1, 0.15) is 22.2 Å². The second-order valence-electron chi connectivity index (χ2n) is 4.47. The summed E-state index contributed by atoms with van der Waals surface area (Å²) < 4.78 is 5.65. The maximum atomic E-state index is 5.65. The van der Waals surface area contributed by atoms with Crippen molar-refractivity contribution < 1.29 is 4.74 Å². The number of aryl methyl sites for hydroxylation is 1. The zero-order valence-corrected chi connectivity index (χ0v) is 11.2. The van der Waals surface area contributed by atoms with Crippen LogP contribution in [0.25, 0.3) is 0 Å². The number of hydrogen-bond donors (Lipinski definition) is 1. The highest BCUT2D eigenvalue weighted by Crippen LogP contribution is 2.31. The SMILES string of the molecule is Cc1ncsc1CCNC1COc2ccccc21. The Morgan fingerprint density at radius 2 is 2.33 bits per heavy atom. The topological polar surface area (TPSA) is 34.2 Å². The van der Waals surface area contributed by atoms with Crippen LogP contribution in [0.2, 0.25) is 0 Å². The summed E-state index contributed by atoms with van der Waals surface area (Å²) in [7, 11) is 0. The van der Waals surface area contributed by atoms with Crippen molar-refractivity contribution in [1.82, 2.24) is 10.3 Å². The van der Waals surface area contributed by atoms with Gasteiger partial charge in [-0.1, -0.05) is 18.2 Å². The number of rotatable bonds is 4. The molecule has 1 aliphatic rings. The molecule has 1 atom stereocenters. The van der Waals surface area contributed by atoms with Crippen molar-refractivity contribution >= 4 is 11.3 Å². The van der Waals surface area contributed by atoms with Crippen molar-refractivity contribution in [3.63, 3.8) is 0 Å². The summed E-state index contributed by atoms with van der Waals surface area (Å²) in [5.41, 5.74) is 4.35.